The Hall–Kier alpha value is -1.46. The molecule has 4 nitrogen and oxygen atoms in total. The molecule has 1 aromatic rings. The number of hydrogen-bond acceptors (Lipinski definition) is 3. The van der Waals surface area contributed by atoms with Crippen LogP contribution in [0.5, 0.6) is 0 Å². The van der Waals surface area contributed by atoms with Crippen LogP contribution < -0.4 is 0 Å². The lowest BCUT2D eigenvalue weighted by molar-refractivity contribution is -0.140. The number of aliphatic hydroxyl groups is 1. The summed E-state index contributed by atoms with van der Waals surface area (Å²) in [7, 11) is 0. The number of rotatable bonds is 3. The predicted molar refractivity (Wildman–Crippen MR) is 86.4 cm³/mol. The molecule has 23 heavy (non-hydrogen) atoms. The summed E-state index contributed by atoms with van der Waals surface area (Å²) in [6, 6.07) is 6.60. The first kappa shape index (κ1) is 16.4. The summed E-state index contributed by atoms with van der Waals surface area (Å²) in [6.45, 7) is 3.10. The highest BCUT2D eigenvalue weighted by molar-refractivity contribution is 5.82. The second-order valence-electron chi connectivity index (χ2n) is 6.58. The molecule has 1 heterocycles. The Morgan fingerprint density at radius 3 is 2.57 bits per heavy atom. The minimum absolute atomic E-state index is 0.0643. The summed E-state index contributed by atoms with van der Waals surface area (Å²) >= 11 is 0. The van der Waals surface area contributed by atoms with E-state index in [4.69, 9.17) is 0 Å². The van der Waals surface area contributed by atoms with Gasteiger partial charge in [-0.3, -0.25) is 9.69 Å². The summed E-state index contributed by atoms with van der Waals surface area (Å²) < 4.78 is 13.8. The highest BCUT2D eigenvalue weighted by Crippen LogP contribution is 2.25. The molecule has 1 aliphatic heterocycles. The Kier molecular flexibility index (Phi) is 5.28. The van der Waals surface area contributed by atoms with Crippen LogP contribution in [-0.2, 0) is 4.79 Å². The van der Waals surface area contributed by atoms with Crippen molar-refractivity contribution in [2.45, 2.75) is 44.2 Å². The van der Waals surface area contributed by atoms with Crippen LogP contribution in [0.2, 0.25) is 0 Å². The van der Waals surface area contributed by atoms with Crippen LogP contribution in [0, 0.1) is 5.82 Å². The van der Waals surface area contributed by atoms with Gasteiger partial charge in [0.25, 0.3) is 5.91 Å². The summed E-state index contributed by atoms with van der Waals surface area (Å²) in [5, 5.41) is 10.2. The van der Waals surface area contributed by atoms with E-state index in [0.717, 1.165) is 19.5 Å². The van der Waals surface area contributed by atoms with Crippen molar-refractivity contribution in [2.24, 2.45) is 0 Å². The smallest absolute Gasteiger partial charge is 0.256 e. The van der Waals surface area contributed by atoms with E-state index in [9.17, 15) is 14.3 Å². The van der Waals surface area contributed by atoms with E-state index in [1.807, 2.05) is 0 Å². The van der Waals surface area contributed by atoms with Gasteiger partial charge in [0, 0.05) is 37.8 Å². The van der Waals surface area contributed by atoms with Crippen LogP contribution in [0.15, 0.2) is 24.3 Å². The van der Waals surface area contributed by atoms with E-state index in [1.54, 1.807) is 17.0 Å². The molecule has 5 heteroatoms. The number of carbonyl (C=O) groups excluding carboxylic acids is 1. The molecule has 1 saturated carbocycles. The lowest BCUT2D eigenvalue weighted by Crippen LogP contribution is -2.40. The fourth-order valence-corrected chi connectivity index (χ4v) is 3.80. The van der Waals surface area contributed by atoms with Gasteiger partial charge in [0.1, 0.15) is 5.82 Å². The minimum Gasteiger partial charge on any atom is -0.378 e. The van der Waals surface area contributed by atoms with Gasteiger partial charge in [-0.2, -0.15) is 0 Å². The zero-order valence-corrected chi connectivity index (χ0v) is 13.5. The maximum Gasteiger partial charge on any atom is 0.256 e. The molecule has 1 amide bonds. The van der Waals surface area contributed by atoms with E-state index in [0.29, 0.717) is 19.1 Å². The average molecular weight is 320 g/mol. The minimum atomic E-state index is -1.41. The van der Waals surface area contributed by atoms with E-state index in [2.05, 4.69) is 4.90 Å². The molecule has 1 saturated heterocycles. The Morgan fingerprint density at radius 2 is 1.83 bits per heavy atom. The first-order valence-corrected chi connectivity index (χ1v) is 8.62. The van der Waals surface area contributed by atoms with Gasteiger partial charge in [-0.05, 0) is 25.3 Å². The number of halogens is 1. The van der Waals surface area contributed by atoms with Crippen molar-refractivity contribution in [2.75, 3.05) is 26.2 Å². The highest BCUT2D eigenvalue weighted by Gasteiger charge is 2.29. The monoisotopic (exact) mass is 320 g/mol. The Balaban J connectivity index is 1.62. The van der Waals surface area contributed by atoms with Gasteiger partial charge in [0.15, 0.2) is 6.10 Å². The number of amides is 1. The number of aliphatic hydroxyl groups excluding tert-OH is 1. The number of carbonyl (C=O) groups is 1. The third kappa shape index (κ3) is 3.72. The topological polar surface area (TPSA) is 43.8 Å². The highest BCUT2D eigenvalue weighted by atomic mass is 19.1. The Morgan fingerprint density at radius 1 is 1.09 bits per heavy atom. The largest absolute Gasteiger partial charge is 0.378 e. The van der Waals surface area contributed by atoms with Gasteiger partial charge in [-0.25, -0.2) is 4.39 Å². The van der Waals surface area contributed by atoms with E-state index in [-0.39, 0.29) is 11.5 Å². The molecule has 126 valence electrons. The van der Waals surface area contributed by atoms with Crippen molar-refractivity contribution < 1.29 is 14.3 Å². The van der Waals surface area contributed by atoms with Crippen molar-refractivity contribution in [1.82, 2.24) is 9.80 Å². The fraction of sp³-hybridized carbons (Fsp3) is 0.611. The molecule has 2 aliphatic rings. The first-order chi connectivity index (χ1) is 11.2. The third-order valence-electron chi connectivity index (χ3n) is 5.12. The molecule has 1 atom stereocenters. The standard InChI is InChI=1S/C18H25FN2O2/c19-16-9-4-3-8-15(16)17(22)18(23)21-11-5-10-20(12-13-21)14-6-1-2-7-14/h3-4,8-9,14,17,22H,1-2,5-7,10-13H2/t17-/m0/s1. The van der Waals surface area contributed by atoms with Crippen molar-refractivity contribution in [1.29, 1.82) is 0 Å². The summed E-state index contributed by atoms with van der Waals surface area (Å²) in [6.07, 6.45) is 4.62. The molecule has 0 bridgehead atoms. The molecule has 0 unspecified atom stereocenters. The van der Waals surface area contributed by atoms with Crippen LogP contribution in [0.3, 0.4) is 0 Å². The molecule has 1 aliphatic carbocycles. The van der Waals surface area contributed by atoms with E-state index in [1.165, 1.54) is 37.8 Å². The average Bonchev–Trinajstić information content (AvgIpc) is 2.99. The predicted octanol–water partition coefficient (Wildman–Crippen LogP) is 2.34. The molecule has 0 spiro atoms. The molecule has 0 radical (unpaired) electrons. The van der Waals surface area contributed by atoms with Crippen molar-refractivity contribution in [3.8, 4) is 0 Å². The van der Waals surface area contributed by atoms with Crippen LogP contribution in [0.4, 0.5) is 4.39 Å². The molecule has 0 aromatic heterocycles. The molecule has 1 aromatic carbocycles. The number of benzene rings is 1. The van der Waals surface area contributed by atoms with Gasteiger partial charge < -0.3 is 10.0 Å². The summed E-state index contributed by atoms with van der Waals surface area (Å²) in [4.78, 5) is 16.7. The summed E-state index contributed by atoms with van der Waals surface area (Å²) in [5.41, 5.74) is 0.0643. The molecular formula is C18H25FN2O2. The van der Waals surface area contributed by atoms with Crippen LogP contribution in [0.1, 0.15) is 43.8 Å². The number of nitrogens with zero attached hydrogens (tertiary/aromatic N) is 2. The second-order valence-corrected chi connectivity index (χ2v) is 6.58. The molecule has 3 rings (SSSR count). The van der Waals surface area contributed by atoms with Crippen LogP contribution in [0.25, 0.3) is 0 Å². The van der Waals surface area contributed by atoms with E-state index >= 15 is 0 Å². The van der Waals surface area contributed by atoms with Crippen LogP contribution >= 0.6 is 0 Å². The SMILES string of the molecule is O=C([C@@H](O)c1ccccc1F)N1CCCN(C2CCCC2)CC1. The maximum atomic E-state index is 13.8. The molecular weight excluding hydrogens is 295 g/mol. The normalized spacial score (nSPS) is 22.1. The molecule has 1 N–H and O–H groups in total. The van der Waals surface area contributed by atoms with E-state index < -0.39 is 11.9 Å². The maximum absolute atomic E-state index is 13.8. The number of hydrogen-bond donors (Lipinski definition) is 1. The van der Waals surface area contributed by atoms with Gasteiger partial charge in [0.2, 0.25) is 0 Å². The van der Waals surface area contributed by atoms with Crippen molar-refractivity contribution >= 4 is 5.91 Å². The van der Waals surface area contributed by atoms with Crippen molar-refractivity contribution in [3.05, 3.63) is 35.6 Å². The summed E-state index contributed by atoms with van der Waals surface area (Å²) in [5.74, 6) is -0.917. The molecule has 2 fully saturated rings. The quantitative estimate of drug-likeness (QED) is 0.930. The van der Waals surface area contributed by atoms with Crippen LogP contribution in [-0.4, -0.2) is 53.0 Å². The third-order valence-corrected chi connectivity index (χ3v) is 5.12. The zero-order chi connectivity index (χ0) is 16.2. The fourth-order valence-electron chi connectivity index (χ4n) is 3.80. The van der Waals surface area contributed by atoms with Gasteiger partial charge in [0.05, 0.1) is 0 Å². The van der Waals surface area contributed by atoms with Gasteiger partial charge >= 0.3 is 0 Å². The second kappa shape index (κ2) is 7.41. The zero-order valence-electron chi connectivity index (χ0n) is 13.5. The lowest BCUT2D eigenvalue weighted by atomic mass is 10.1. The Bertz CT molecular complexity index is 546. The lowest BCUT2D eigenvalue weighted by Gasteiger charge is -2.27. The van der Waals surface area contributed by atoms with Crippen molar-refractivity contribution in [3.63, 3.8) is 0 Å². The Labute approximate surface area is 136 Å². The van der Waals surface area contributed by atoms with Gasteiger partial charge in [-0.15, -0.1) is 0 Å². The van der Waals surface area contributed by atoms with Gasteiger partial charge in [-0.1, -0.05) is 31.0 Å². The first-order valence-electron chi connectivity index (χ1n) is 8.62.